The van der Waals surface area contributed by atoms with Gasteiger partial charge in [-0.25, -0.2) is 0 Å². The van der Waals surface area contributed by atoms with Crippen molar-refractivity contribution in [3.05, 3.63) is 5.28 Å². The van der Waals surface area contributed by atoms with Gasteiger partial charge in [-0.1, -0.05) is 25.7 Å². The van der Waals surface area contributed by atoms with Crippen molar-refractivity contribution in [3.8, 4) is 6.07 Å². The van der Waals surface area contributed by atoms with Crippen LogP contribution in [0.2, 0.25) is 5.28 Å². The number of anilines is 2. The van der Waals surface area contributed by atoms with Gasteiger partial charge in [0.05, 0.1) is 6.07 Å². The van der Waals surface area contributed by atoms with E-state index in [2.05, 4.69) is 31.7 Å². The number of rotatable bonds is 3. The smallest absolute Gasteiger partial charge is 0.230 e. The highest BCUT2D eigenvalue weighted by Gasteiger charge is 2.31. The van der Waals surface area contributed by atoms with E-state index in [0.29, 0.717) is 11.9 Å². The molecule has 0 aliphatic heterocycles. The minimum Gasteiger partial charge on any atom is -0.357 e. The first-order valence-electron chi connectivity index (χ1n) is 6.46. The lowest BCUT2D eigenvalue weighted by Gasteiger charge is -2.26. The molecule has 2 N–H and O–H groups in total. The molecule has 0 saturated heterocycles. The maximum absolute atomic E-state index is 9.49. The van der Waals surface area contributed by atoms with E-state index >= 15 is 0 Å². The van der Waals surface area contributed by atoms with Crippen molar-refractivity contribution in [3.63, 3.8) is 0 Å². The highest BCUT2D eigenvalue weighted by Crippen LogP contribution is 2.29. The van der Waals surface area contributed by atoms with Crippen LogP contribution in [0.1, 0.15) is 38.5 Å². The summed E-state index contributed by atoms with van der Waals surface area (Å²) in [4.78, 5) is 12.2. The molecule has 0 amide bonds. The van der Waals surface area contributed by atoms with Crippen molar-refractivity contribution < 1.29 is 0 Å². The van der Waals surface area contributed by atoms with Gasteiger partial charge in [-0.2, -0.15) is 20.2 Å². The molecule has 7 heteroatoms. The summed E-state index contributed by atoms with van der Waals surface area (Å²) in [6.07, 6.45) is 6.04. The van der Waals surface area contributed by atoms with Crippen LogP contribution in [0.15, 0.2) is 0 Å². The predicted octanol–water partition coefficient (Wildman–Crippen LogP) is 2.60. The van der Waals surface area contributed by atoms with E-state index in [1.807, 2.05) is 0 Å². The Hall–Kier alpha value is -1.61. The van der Waals surface area contributed by atoms with Crippen LogP contribution >= 0.6 is 11.6 Å². The fourth-order valence-corrected chi connectivity index (χ4v) is 2.49. The number of nitrogens with zero attached hydrogens (tertiary/aromatic N) is 4. The molecule has 1 aliphatic carbocycles. The van der Waals surface area contributed by atoms with Crippen molar-refractivity contribution in [1.82, 2.24) is 15.0 Å². The normalized spacial score (nSPS) is 18.2. The molecule has 1 aromatic rings. The van der Waals surface area contributed by atoms with Crippen molar-refractivity contribution in [2.75, 3.05) is 17.7 Å². The first-order chi connectivity index (χ1) is 9.17. The van der Waals surface area contributed by atoms with Gasteiger partial charge in [-0.05, 0) is 24.4 Å². The number of nitriles is 1. The Morgan fingerprint density at radius 1 is 1.11 bits per heavy atom. The summed E-state index contributed by atoms with van der Waals surface area (Å²) in [6, 6.07) is 2.39. The molecule has 19 heavy (non-hydrogen) atoms. The maximum Gasteiger partial charge on any atom is 0.230 e. The summed E-state index contributed by atoms with van der Waals surface area (Å²) < 4.78 is 0. The fraction of sp³-hybridized carbons (Fsp3) is 0.667. The molecule has 1 aliphatic rings. The lowest BCUT2D eigenvalue weighted by atomic mass is 9.92. The molecule has 102 valence electrons. The van der Waals surface area contributed by atoms with Crippen LogP contribution in [0.3, 0.4) is 0 Å². The van der Waals surface area contributed by atoms with Gasteiger partial charge >= 0.3 is 0 Å². The van der Waals surface area contributed by atoms with Crippen LogP contribution in [0.4, 0.5) is 11.9 Å². The van der Waals surface area contributed by atoms with Crippen LogP contribution in [0.25, 0.3) is 0 Å². The number of hydrogen-bond donors (Lipinski definition) is 2. The van der Waals surface area contributed by atoms with Crippen LogP contribution in [-0.4, -0.2) is 27.5 Å². The second kappa shape index (κ2) is 6.02. The van der Waals surface area contributed by atoms with E-state index in [1.54, 1.807) is 7.05 Å². The number of nitrogens with one attached hydrogen (secondary N) is 2. The second-order valence-corrected chi connectivity index (χ2v) is 5.07. The molecule has 1 saturated carbocycles. The Morgan fingerprint density at radius 2 is 1.74 bits per heavy atom. The van der Waals surface area contributed by atoms with Gasteiger partial charge in [0.25, 0.3) is 0 Å². The largest absolute Gasteiger partial charge is 0.357 e. The first kappa shape index (κ1) is 13.8. The summed E-state index contributed by atoms with van der Waals surface area (Å²) >= 11 is 5.84. The quantitative estimate of drug-likeness (QED) is 0.828. The highest BCUT2D eigenvalue weighted by atomic mass is 35.5. The topological polar surface area (TPSA) is 86.5 Å². The van der Waals surface area contributed by atoms with Crippen LogP contribution in [-0.2, 0) is 0 Å². The monoisotopic (exact) mass is 280 g/mol. The Bertz CT molecular complexity index is 476. The minimum atomic E-state index is -0.591. The molecular formula is C12H17ClN6. The maximum atomic E-state index is 9.49. The average molecular weight is 281 g/mol. The molecule has 1 heterocycles. The third kappa shape index (κ3) is 3.44. The van der Waals surface area contributed by atoms with Gasteiger partial charge in [0, 0.05) is 7.05 Å². The van der Waals surface area contributed by atoms with E-state index in [9.17, 15) is 5.26 Å². The predicted molar refractivity (Wildman–Crippen MR) is 74.1 cm³/mol. The summed E-state index contributed by atoms with van der Waals surface area (Å²) in [5.74, 6) is 0.747. The number of hydrogen-bond acceptors (Lipinski definition) is 6. The third-order valence-corrected chi connectivity index (χ3v) is 3.52. The molecule has 0 spiro atoms. The van der Waals surface area contributed by atoms with Crippen molar-refractivity contribution in [2.45, 2.75) is 44.1 Å². The molecule has 0 bridgehead atoms. The lowest BCUT2D eigenvalue weighted by Crippen LogP contribution is -2.36. The summed E-state index contributed by atoms with van der Waals surface area (Å²) in [7, 11) is 1.71. The summed E-state index contributed by atoms with van der Waals surface area (Å²) in [5.41, 5.74) is -0.591. The molecule has 0 radical (unpaired) electrons. The first-order valence-corrected chi connectivity index (χ1v) is 6.84. The van der Waals surface area contributed by atoms with Gasteiger partial charge in [-0.3, -0.25) is 0 Å². The SMILES string of the molecule is CNc1nc(Cl)nc(NC2(C#N)CCCCCC2)n1. The van der Waals surface area contributed by atoms with Crippen LogP contribution < -0.4 is 10.6 Å². The summed E-state index contributed by atoms with van der Waals surface area (Å²) in [6.45, 7) is 0. The average Bonchev–Trinajstić information content (AvgIpc) is 2.64. The van der Waals surface area contributed by atoms with Gasteiger partial charge in [0.2, 0.25) is 17.2 Å². The number of aromatic nitrogens is 3. The highest BCUT2D eigenvalue weighted by molar-refractivity contribution is 6.28. The number of halogens is 1. The molecule has 0 aromatic carbocycles. The molecule has 1 fully saturated rings. The Labute approximate surface area is 117 Å². The molecule has 1 aromatic heterocycles. The molecule has 0 atom stereocenters. The van der Waals surface area contributed by atoms with Crippen molar-refractivity contribution in [1.29, 1.82) is 5.26 Å². The minimum absolute atomic E-state index is 0.114. The Balaban J connectivity index is 2.22. The van der Waals surface area contributed by atoms with E-state index < -0.39 is 5.54 Å². The molecular weight excluding hydrogens is 264 g/mol. The zero-order valence-corrected chi connectivity index (χ0v) is 11.7. The van der Waals surface area contributed by atoms with E-state index in [0.717, 1.165) is 25.7 Å². The molecule has 2 rings (SSSR count). The van der Waals surface area contributed by atoms with Gasteiger partial charge in [0.15, 0.2) is 0 Å². The fourth-order valence-electron chi connectivity index (χ4n) is 2.33. The van der Waals surface area contributed by atoms with Gasteiger partial charge < -0.3 is 10.6 Å². The molecule has 0 unspecified atom stereocenters. The standard InChI is InChI=1S/C12H17ClN6/c1-15-10-16-9(13)17-11(18-10)19-12(8-14)6-4-2-3-5-7-12/h2-7H2,1H3,(H2,15,16,17,18,19). The lowest BCUT2D eigenvalue weighted by molar-refractivity contribution is 0.506. The Morgan fingerprint density at radius 3 is 2.32 bits per heavy atom. The molecule has 6 nitrogen and oxygen atoms in total. The second-order valence-electron chi connectivity index (χ2n) is 4.73. The van der Waals surface area contributed by atoms with Gasteiger partial charge in [0.1, 0.15) is 5.54 Å². The Kier molecular flexibility index (Phi) is 4.38. The zero-order valence-electron chi connectivity index (χ0n) is 10.9. The third-order valence-electron chi connectivity index (χ3n) is 3.35. The van der Waals surface area contributed by atoms with E-state index in [-0.39, 0.29) is 5.28 Å². The van der Waals surface area contributed by atoms with E-state index in [4.69, 9.17) is 11.6 Å². The van der Waals surface area contributed by atoms with Crippen LogP contribution in [0.5, 0.6) is 0 Å². The van der Waals surface area contributed by atoms with Crippen molar-refractivity contribution >= 4 is 23.5 Å². The zero-order chi connectivity index (χ0) is 13.7. The van der Waals surface area contributed by atoms with E-state index in [1.165, 1.54) is 12.8 Å². The van der Waals surface area contributed by atoms with Gasteiger partial charge in [-0.15, -0.1) is 0 Å². The summed E-state index contributed by atoms with van der Waals surface area (Å²) in [5, 5.41) is 15.6. The van der Waals surface area contributed by atoms with Crippen molar-refractivity contribution in [2.24, 2.45) is 0 Å². The van der Waals surface area contributed by atoms with Crippen LogP contribution in [0, 0.1) is 11.3 Å².